The third-order valence-electron chi connectivity index (χ3n) is 5.04. The summed E-state index contributed by atoms with van der Waals surface area (Å²) < 4.78 is 28.2. The molecule has 0 unspecified atom stereocenters. The van der Waals surface area contributed by atoms with Gasteiger partial charge in [-0.05, 0) is 43.4 Å². The first-order valence-corrected chi connectivity index (χ1v) is 10.7. The van der Waals surface area contributed by atoms with Gasteiger partial charge in [-0.3, -0.25) is 9.69 Å². The lowest BCUT2D eigenvalue weighted by Gasteiger charge is -2.25. The van der Waals surface area contributed by atoms with E-state index in [4.69, 9.17) is 0 Å². The van der Waals surface area contributed by atoms with Gasteiger partial charge in [0.1, 0.15) is 11.3 Å². The molecule has 0 spiro atoms. The van der Waals surface area contributed by atoms with Crippen LogP contribution < -0.4 is 9.80 Å². The van der Waals surface area contributed by atoms with Gasteiger partial charge in [-0.2, -0.15) is 0 Å². The van der Waals surface area contributed by atoms with Crippen molar-refractivity contribution in [2.24, 2.45) is 0 Å². The molecule has 0 saturated heterocycles. The number of hydrogen-bond acceptors (Lipinski definition) is 5. The molecule has 3 rings (SSSR count). The van der Waals surface area contributed by atoms with Crippen molar-refractivity contribution < 1.29 is 13.6 Å². The normalized spacial score (nSPS) is 11.3. The molecule has 1 amide bonds. The van der Waals surface area contributed by atoms with Gasteiger partial charge in [0.25, 0.3) is 5.91 Å². The van der Waals surface area contributed by atoms with E-state index in [-0.39, 0.29) is 11.4 Å². The van der Waals surface area contributed by atoms with E-state index in [1.807, 2.05) is 31.1 Å². The Hall–Kier alpha value is -2.58. The molecule has 5 nitrogen and oxygen atoms in total. The van der Waals surface area contributed by atoms with Crippen molar-refractivity contribution in [2.75, 3.05) is 50.1 Å². The number of rotatable bonds is 8. The molecule has 0 bridgehead atoms. The average Bonchev–Trinajstić information content (AvgIpc) is 3.15. The molecule has 0 N–H and O–H groups in total. The second-order valence-corrected chi connectivity index (χ2v) is 8.16. The van der Waals surface area contributed by atoms with E-state index in [0.29, 0.717) is 28.5 Å². The van der Waals surface area contributed by atoms with Gasteiger partial charge in [0.15, 0.2) is 10.9 Å². The number of amides is 1. The highest BCUT2D eigenvalue weighted by atomic mass is 32.1. The maximum atomic E-state index is 14.2. The Kier molecular flexibility index (Phi) is 6.99. The van der Waals surface area contributed by atoms with Crippen LogP contribution in [0.5, 0.6) is 0 Å². The number of likely N-dealkylation sites (N-methyl/N-ethyl adjacent to an activating group) is 1. The molecular formula is C22H26F2N4OS. The maximum Gasteiger partial charge on any atom is 0.260 e. The van der Waals surface area contributed by atoms with Crippen molar-refractivity contribution in [1.29, 1.82) is 0 Å². The summed E-state index contributed by atoms with van der Waals surface area (Å²) in [5, 5.41) is 0.364. The fourth-order valence-electron chi connectivity index (χ4n) is 3.18. The highest BCUT2D eigenvalue weighted by Crippen LogP contribution is 2.32. The molecule has 0 aliphatic rings. The van der Waals surface area contributed by atoms with Crippen molar-refractivity contribution in [3.05, 3.63) is 53.6 Å². The van der Waals surface area contributed by atoms with E-state index in [0.717, 1.165) is 36.2 Å². The van der Waals surface area contributed by atoms with Crippen molar-refractivity contribution in [3.63, 3.8) is 0 Å². The highest BCUT2D eigenvalue weighted by Gasteiger charge is 2.23. The van der Waals surface area contributed by atoms with E-state index < -0.39 is 11.6 Å². The molecule has 0 saturated carbocycles. The first kappa shape index (κ1) is 22.1. The summed E-state index contributed by atoms with van der Waals surface area (Å²) in [6.45, 7) is 6.89. The lowest BCUT2D eigenvalue weighted by atomic mass is 10.1. The van der Waals surface area contributed by atoms with Crippen LogP contribution in [0, 0.1) is 11.6 Å². The molecule has 160 valence electrons. The van der Waals surface area contributed by atoms with Crippen molar-refractivity contribution in [3.8, 4) is 0 Å². The molecule has 1 aromatic heterocycles. The predicted molar refractivity (Wildman–Crippen MR) is 120 cm³/mol. The molecule has 3 aromatic rings. The zero-order valence-electron chi connectivity index (χ0n) is 17.7. The molecule has 8 heteroatoms. The second kappa shape index (κ2) is 9.49. The van der Waals surface area contributed by atoms with Crippen molar-refractivity contribution >= 4 is 38.3 Å². The fourth-order valence-corrected chi connectivity index (χ4v) is 4.21. The minimum absolute atomic E-state index is 0.0833. The third-order valence-corrected chi connectivity index (χ3v) is 6.07. The Labute approximate surface area is 179 Å². The van der Waals surface area contributed by atoms with Gasteiger partial charge < -0.3 is 9.80 Å². The van der Waals surface area contributed by atoms with Crippen LogP contribution >= 0.6 is 11.3 Å². The standard InChI is InChI=1S/C22H26F2N4OS/c1-5-27(6-2)11-12-28(21(29)15-7-9-17(10-8-15)26(3)4)22-25-20-18(24)13-16(23)14-19(20)30-22/h7-10,13-14H,5-6,11-12H2,1-4H3. The van der Waals surface area contributed by atoms with Gasteiger partial charge in [-0.1, -0.05) is 25.2 Å². The zero-order valence-corrected chi connectivity index (χ0v) is 18.5. The summed E-state index contributed by atoms with van der Waals surface area (Å²) in [7, 11) is 3.87. The third kappa shape index (κ3) is 4.76. The van der Waals surface area contributed by atoms with E-state index in [2.05, 4.69) is 23.7 Å². The van der Waals surface area contributed by atoms with E-state index in [1.165, 1.54) is 6.07 Å². The van der Waals surface area contributed by atoms with Crippen LogP contribution in [-0.2, 0) is 0 Å². The molecular weight excluding hydrogens is 406 g/mol. The summed E-state index contributed by atoms with van der Waals surface area (Å²) in [6, 6.07) is 9.37. The van der Waals surface area contributed by atoms with Gasteiger partial charge in [0.2, 0.25) is 0 Å². The lowest BCUT2D eigenvalue weighted by Crippen LogP contribution is -2.38. The SMILES string of the molecule is CCN(CC)CCN(C(=O)c1ccc(N(C)C)cc1)c1nc2c(F)cc(F)cc2s1. The Bertz CT molecular complexity index is 1020. The molecule has 2 aromatic carbocycles. The molecule has 0 atom stereocenters. The summed E-state index contributed by atoms with van der Waals surface area (Å²) >= 11 is 1.12. The Balaban J connectivity index is 1.97. The average molecular weight is 433 g/mol. The minimum atomic E-state index is -0.723. The van der Waals surface area contributed by atoms with Gasteiger partial charge in [0.05, 0.1) is 4.70 Å². The number of fused-ring (bicyclic) bond motifs is 1. The molecule has 0 radical (unpaired) electrons. The number of anilines is 2. The van der Waals surface area contributed by atoms with E-state index >= 15 is 0 Å². The van der Waals surface area contributed by atoms with Gasteiger partial charge in [-0.15, -0.1) is 0 Å². The van der Waals surface area contributed by atoms with Crippen molar-refractivity contribution in [1.82, 2.24) is 9.88 Å². The lowest BCUT2D eigenvalue weighted by molar-refractivity contribution is 0.0984. The summed E-state index contributed by atoms with van der Waals surface area (Å²) in [6.07, 6.45) is 0. The smallest absolute Gasteiger partial charge is 0.260 e. The van der Waals surface area contributed by atoms with Crippen LogP contribution in [0.4, 0.5) is 19.6 Å². The Morgan fingerprint density at radius 2 is 1.70 bits per heavy atom. The molecule has 1 heterocycles. The van der Waals surface area contributed by atoms with E-state index in [1.54, 1.807) is 17.0 Å². The second-order valence-electron chi connectivity index (χ2n) is 7.16. The van der Waals surface area contributed by atoms with Gasteiger partial charge >= 0.3 is 0 Å². The van der Waals surface area contributed by atoms with Crippen LogP contribution in [0.1, 0.15) is 24.2 Å². The molecule has 0 fully saturated rings. The number of carbonyl (C=O) groups excluding carboxylic acids is 1. The quantitative estimate of drug-likeness (QED) is 0.520. The Morgan fingerprint density at radius 3 is 2.30 bits per heavy atom. The predicted octanol–water partition coefficient (Wildman–Crippen LogP) is 4.63. The summed E-state index contributed by atoms with van der Waals surface area (Å²) in [5.41, 5.74) is 1.59. The van der Waals surface area contributed by atoms with Crippen LogP contribution in [0.25, 0.3) is 10.2 Å². The van der Waals surface area contributed by atoms with Crippen LogP contribution in [0.15, 0.2) is 36.4 Å². The summed E-state index contributed by atoms with van der Waals surface area (Å²) in [5.74, 6) is -1.60. The van der Waals surface area contributed by atoms with Crippen LogP contribution in [0.2, 0.25) is 0 Å². The number of nitrogens with zero attached hydrogens (tertiary/aromatic N) is 4. The molecule has 0 aliphatic heterocycles. The maximum absolute atomic E-state index is 14.2. The number of hydrogen-bond donors (Lipinski definition) is 0. The van der Waals surface area contributed by atoms with Crippen molar-refractivity contribution in [2.45, 2.75) is 13.8 Å². The number of benzene rings is 2. The topological polar surface area (TPSA) is 39.7 Å². The first-order valence-electron chi connectivity index (χ1n) is 9.91. The fraction of sp³-hybridized carbons (Fsp3) is 0.364. The van der Waals surface area contributed by atoms with Gasteiger partial charge in [0, 0.05) is 44.5 Å². The van der Waals surface area contributed by atoms with Crippen LogP contribution in [-0.4, -0.2) is 56.1 Å². The van der Waals surface area contributed by atoms with Crippen LogP contribution in [0.3, 0.4) is 0 Å². The largest absolute Gasteiger partial charge is 0.378 e. The van der Waals surface area contributed by atoms with E-state index in [9.17, 15) is 13.6 Å². The molecule has 30 heavy (non-hydrogen) atoms. The first-order chi connectivity index (χ1) is 14.3. The monoisotopic (exact) mass is 432 g/mol. The number of carbonyl (C=O) groups is 1. The number of aromatic nitrogens is 1. The highest BCUT2D eigenvalue weighted by molar-refractivity contribution is 7.22. The molecule has 0 aliphatic carbocycles. The van der Waals surface area contributed by atoms with Gasteiger partial charge in [-0.25, -0.2) is 13.8 Å². The number of halogens is 2. The Morgan fingerprint density at radius 1 is 1.03 bits per heavy atom. The zero-order chi connectivity index (χ0) is 21.8. The minimum Gasteiger partial charge on any atom is -0.378 e. The summed E-state index contributed by atoms with van der Waals surface area (Å²) in [4.78, 5) is 23.4. The number of thiazole rings is 1.